The summed E-state index contributed by atoms with van der Waals surface area (Å²) >= 11 is 0. The molecule has 156 valence electrons. The predicted molar refractivity (Wildman–Crippen MR) is 104 cm³/mol. The van der Waals surface area contributed by atoms with E-state index in [4.69, 9.17) is 4.74 Å². The molecule has 4 nitrogen and oxygen atoms in total. The Hall–Kier alpha value is -1.02. The second-order valence-electron chi connectivity index (χ2n) is 7.41. The lowest BCUT2D eigenvalue weighted by Crippen LogP contribution is -2.49. The highest BCUT2D eigenvalue weighted by Gasteiger charge is 2.31. The predicted octanol–water partition coefficient (Wildman–Crippen LogP) is 3.82. The van der Waals surface area contributed by atoms with Crippen molar-refractivity contribution in [2.75, 3.05) is 44.2 Å². The molecule has 0 saturated carbocycles. The first-order valence-electron chi connectivity index (χ1n) is 9.07. The van der Waals surface area contributed by atoms with Crippen LogP contribution >= 0.6 is 12.4 Å². The van der Waals surface area contributed by atoms with Gasteiger partial charge in [-0.15, -0.1) is 12.4 Å². The minimum Gasteiger partial charge on any atom is -0.389 e. The number of aliphatic hydroxyl groups is 1. The molecule has 1 fully saturated rings. The topological polar surface area (TPSA) is 35.9 Å². The summed E-state index contributed by atoms with van der Waals surface area (Å²) in [7, 11) is 0. The molecule has 0 radical (unpaired) electrons. The van der Waals surface area contributed by atoms with Gasteiger partial charge in [0.15, 0.2) is 0 Å². The van der Waals surface area contributed by atoms with Crippen LogP contribution in [0.1, 0.15) is 32.8 Å². The molecule has 27 heavy (non-hydrogen) atoms. The molecule has 0 aromatic heterocycles. The van der Waals surface area contributed by atoms with Crippen molar-refractivity contribution >= 4 is 18.1 Å². The summed E-state index contributed by atoms with van der Waals surface area (Å²) in [5.41, 5.74) is -0.278. The molecular weight excluding hydrogens is 381 g/mol. The highest BCUT2D eigenvalue weighted by Crippen LogP contribution is 2.31. The molecule has 1 N–H and O–H groups in total. The highest BCUT2D eigenvalue weighted by atomic mass is 35.5. The summed E-state index contributed by atoms with van der Waals surface area (Å²) in [6.07, 6.45) is -4.02. The van der Waals surface area contributed by atoms with Crippen molar-refractivity contribution in [1.82, 2.24) is 4.90 Å². The van der Waals surface area contributed by atoms with E-state index in [0.717, 1.165) is 12.5 Å². The average molecular weight is 411 g/mol. The quantitative estimate of drug-likeness (QED) is 0.741. The molecule has 8 heteroatoms. The van der Waals surface area contributed by atoms with E-state index in [0.29, 0.717) is 38.4 Å². The normalized spacial score (nSPS) is 17.5. The molecule has 1 aromatic rings. The molecule has 1 unspecified atom stereocenters. The number of rotatable bonds is 7. The van der Waals surface area contributed by atoms with Crippen molar-refractivity contribution in [3.8, 4) is 0 Å². The zero-order valence-corrected chi connectivity index (χ0v) is 16.9. The zero-order chi connectivity index (χ0) is 19.4. The first-order valence-corrected chi connectivity index (χ1v) is 9.07. The van der Waals surface area contributed by atoms with E-state index in [1.165, 1.54) is 12.1 Å². The van der Waals surface area contributed by atoms with Crippen LogP contribution in [0.3, 0.4) is 0 Å². The van der Waals surface area contributed by atoms with Crippen LogP contribution in [0.4, 0.5) is 18.9 Å². The Morgan fingerprint density at radius 1 is 1.15 bits per heavy atom. The zero-order valence-electron chi connectivity index (χ0n) is 16.1. The number of β-amino-alcohol motifs (C(OH)–C–C–N with tert-alkyl or cyclic N) is 1. The van der Waals surface area contributed by atoms with Crippen molar-refractivity contribution in [1.29, 1.82) is 0 Å². The second-order valence-corrected chi connectivity index (χ2v) is 7.41. The van der Waals surface area contributed by atoms with Crippen molar-refractivity contribution < 1.29 is 23.0 Å². The molecule has 2 rings (SSSR count). The molecule has 1 saturated heterocycles. The molecule has 0 bridgehead atoms. The van der Waals surface area contributed by atoms with Gasteiger partial charge >= 0.3 is 6.18 Å². The molecule has 1 heterocycles. The minimum absolute atomic E-state index is 0. The summed E-state index contributed by atoms with van der Waals surface area (Å²) in [5, 5.41) is 10.2. The number of hydrogen-bond donors (Lipinski definition) is 1. The number of alkyl halides is 3. The van der Waals surface area contributed by atoms with E-state index in [-0.39, 0.29) is 24.6 Å². The van der Waals surface area contributed by atoms with E-state index >= 15 is 0 Å². The second kappa shape index (κ2) is 9.96. The fourth-order valence-electron chi connectivity index (χ4n) is 2.84. The minimum atomic E-state index is -4.33. The third-order valence-electron chi connectivity index (χ3n) is 4.90. The van der Waals surface area contributed by atoms with E-state index in [9.17, 15) is 18.3 Å². The van der Waals surface area contributed by atoms with Crippen molar-refractivity contribution in [3.63, 3.8) is 0 Å². The first-order chi connectivity index (χ1) is 12.1. The van der Waals surface area contributed by atoms with E-state index in [1.807, 2.05) is 25.7 Å². The largest absolute Gasteiger partial charge is 0.416 e. The van der Waals surface area contributed by atoms with Gasteiger partial charge in [0.25, 0.3) is 0 Å². The summed E-state index contributed by atoms with van der Waals surface area (Å²) in [6, 6.07) is 5.45. The van der Waals surface area contributed by atoms with Crippen LogP contribution in [0.25, 0.3) is 0 Å². The van der Waals surface area contributed by atoms with E-state index < -0.39 is 17.8 Å². The number of anilines is 1. The fraction of sp³-hybridized carbons (Fsp3) is 0.684. The van der Waals surface area contributed by atoms with Gasteiger partial charge in [0.1, 0.15) is 0 Å². The number of nitrogens with zero attached hydrogens (tertiary/aromatic N) is 2. The van der Waals surface area contributed by atoms with E-state index in [2.05, 4.69) is 4.90 Å². The van der Waals surface area contributed by atoms with Crippen molar-refractivity contribution in [2.45, 2.75) is 45.1 Å². The van der Waals surface area contributed by atoms with Crippen molar-refractivity contribution in [2.24, 2.45) is 0 Å². The monoisotopic (exact) mass is 410 g/mol. The fourth-order valence-corrected chi connectivity index (χ4v) is 2.84. The van der Waals surface area contributed by atoms with Gasteiger partial charge in [0, 0.05) is 38.4 Å². The van der Waals surface area contributed by atoms with Gasteiger partial charge in [-0.1, -0.05) is 13.0 Å². The average Bonchev–Trinajstić information content (AvgIpc) is 2.60. The number of ether oxygens (including phenoxy) is 1. The smallest absolute Gasteiger partial charge is 0.389 e. The Morgan fingerprint density at radius 3 is 2.33 bits per heavy atom. The summed E-state index contributed by atoms with van der Waals surface area (Å²) < 4.78 is 44.3. The van der Waals surface area contributed by atoms with Crippen molar-refractivity contribution in [3.05, 3.63) is 29.8 Å². The summed E-state index contributed by atoms with van der Waals surface area (Å²) in [5.74, 6) is 0. The lowest BCUT2D eigenvalue weighted by molar-refractivity contribution is -0.137. The SMILES string of the molecule is CCC(C)(C)OCC(O)CN1CCN(c2cccc(C(F)(F)F)c2)CC1.Cl. The molecule has 1 aromatic carbocycles. The van der Waals surface area contributed by atoms with Gasteiger partial charge in [-0.05, 0) is 38.5 Å². The Bertz CT molecular complexity index is 576. The van der Waals surface area contributed by atoms with Crippen LogP contribution in [0.2, 0.25) is 0 Å². The molecule has 1 aliphatic heterocycles. The van der Waals surface area contributed by atoms with Gasteiger partial charge in [-0.2, -0.15) is 13.2 Å². The number of piperazine rings is 1. The Balaban J connectivity index is 0.00000364. The maximum atomic E-state index is 12.9. The first kappa shape index (κ1) is 24.0. The highest BCUT2D eigenvalue weighted by molar-refractivity contribution is 5.85. The number of hydrogen-bond acceptors (Lipinski definition) is 4. The van der Waals surface area contributed by atoms with Gasteiger partial charge in [0.05, 0.1) is 23.9 Å². The molecule has 1 atom stereocenters. The van der Waals surface area contributed by atoms with Gasteiger partial charge in [-0.3, -0.25) is 4.90 Å². The van der Waals surface area contributed by atoms with Gasteiger partial charge < -0.3 is 14.7 Å². The molecule has 0 amide bonds. The van der Waals surface area contributed by atoms with Gasteiger partial charge in [-0.25, -0.2) is 0 Å². The number of aliphatic hydroxyl groups excluding tert-OH is 1. The molecular formula is C19H30ClF3N2O2. The third kappa shape index (κ3) is 7.49. The Morgan fingerprint density at radius 2 is 1.78 bits per heavy atom. The van der Waals surface area contributed by atoms with Crippen LogP contribution in [0.5, 0.6) is 0 Å². The molecule has 1 aliphatic rings. The van der Waals surface area contributed by atoms with Crippen LogP contribution in [0, 0.1) is 0 Å². The maximum Gasteiger partial charge on any atom is 0.416 e. The maximum absolute atomic E-state index is 12.9. The Kier molecular flexibility index (Phi) is 8.86. The van der Waals surface area contributed by atoms with E-state index in [1.54, 1.807) is 6.07 Å². The summed E-state index contributed by atoms with van der Waals surface area (Å²) in [6.45, 7) is 9.49. The summed E-state index contributed by atoms with van der Waals surface area (Å²) in [4.78, 5) is 4.08. The van der Waals surface area contributed by atoms with Crippen LogP contribution < -0.4 is 4.90 Å². The van der Waals surface area contributed by atoms with Crippen LogP contribution in [0.15, 0.2) is 24.3 Å². The van der Waals surface area contributed by atoms with Crippen LogP contribution in [-0.2, 0) is 10.9 Å². The third-order valence-corrected chi connectivity index (χ3v) is 4.90. The van der Waals surface area contributed by atoms with Crippen LogP contribution in [-0.4, -0.2) is 61.0 Å². The Labute approximate surface area is 165 Å². The lowest BCUT2D eigenvalue weighted by Gasteiger charge is -2.37. The number of benzene rings is 1. The molecule has 0 spiro atoms. The molecule has 0 aliphatic carbocycles. The lowest BCUT2D eigenvalue weighted by atomic mass is 10.1. The van der Waals surface area contributed by atoms with Gasteiger partial charge in [0.2, 0.25) is 0 Å². The number of halogens is 4. The standard InChI is InChI=1S/C19H29F3N2O2.ClH/c1-4-18(2,3)26-14-17(25)13-23-8-10-24(11-9-23)16-7-5-6-15(12-16)19(20,21)22;/h5-7,12,17,25H,4,8-11,13-14H2,1-3H3;1H.